The predicted molar refractivity (Wildman–Crippen MR) is 96.1 cm³/mol. The van der Waals surface area contributed by atoms with Gasteiger partial charge in [-0.1, -0.05) is 0 Å². The molecule has 0 unspecified atom stereocenters. The standard InChI is InChI=1S/C18H22N2O7/c1-11(21)20-12-5-6-15(25-8-7-24-4)14(9-12)19-10-13-16(22)26-18(2,3)27-17(13)23/h5-6,9-10,19H,7-8H2,1-4H3,(H,20,21). The molecule has 27 heavy (non-hydrogen) atoms. The highest BCUT2D eigenvalue weighted by atomic mass is 16.7. The zero-order valence-corrected chi connectivity index (χ0v) is 15.6. The normalized spacial score (nSPS) is 15.5. The first-order chi connectivity index (χ1) is 12.7. The number of benzene rings is 1. The quantitative estimate of drug-likeness (QED) is 0.320. The van der Waals surface area contributed by atoms with Crippen molar-refractivity contribution in [2.24, 2.45) is 0 Å². The lowest BCUT2D eigenvalue weighted by Gasteiger charge is -2.29. The Morgan fingerprint density at radius 2 is 1.85 bits per heavy atom. The first kappa shape index (κ1) is 20.2. The Balaban J connectivity index is 2.24. The number of methoxy groups -OCH3 is 1. The zero-order valence-electron chi connectivity index (χ0n) is 15.6. The van der Waals surface area contributed by atoms with Gasteiger partial charge in [-0.3, -0.25) is 4.79 Å². The molecule has 1 heterocycles. The van der Waals surface area contributed by atoms with Crippen LogP contribution in [0.1, 0.15) is 20.8 Å². The number of anilines is 2. The summed E-state index contributed by atoms with van der Waals surface area (Å²) in [5.41, 5.74) is 0.648. The van der Waals surface area contributed by atoms with Crippen molar-refractivity contribution in [3.8, 4) is 5.75 Å². The van der Waals surface area contributed by atoms with E-state index >= 15 is 0 Å². The van der Waals surface area contributed by atoms with Crippen LogP contribution in [0.25, 0.3) is 0 Å². The molecule has 0 aliphatic carbocycles. The molecule has 1 aromatic rings. The fraction of sp³-hybridized carbons (Fsp3) is 0.389. The number of amides is 1. The molecule has 0 spiro atoms. The largest absolute Gasteiger partial charge is 0.489 e. The van der Waals surface area contributed by atoms with Crippen molar-refractivity contribution in [2.75, 3.05) is 31.0 Å². The van der Waals surface area contributed by atoms with Crippen molar-refractivity contribution < 1.29 is 33.3 Å². The number of nitrogens with one attached hydrogen (secondary N) is 2. The summed E-state index contributed by atoms with van der Waals surface area (Å²) >= 11 is 0. The van der Waals surface area contributed by atoms with Gasteiger partial charge in [0.25, 0.3) is 5.79 Å². The zero-order chi connectivity index (χ0) is 20.0. The molecule has 9 nitrogen and oxygen atoms in total. The van der Waals surface area contributed by atoms with E-state index in [1.165, 1.54) is 27.0 Å². The van der Waals surface area contributed by atoms with Crippen LogP contribution in [0.4, 0.5) is 11.4 Å². The molecule has 1 fully saturated rings. The van der Waals surface area contributed by atoms with Gasteiger partial charge in [0.15, 0.2) is 5.57 Å². The summed E-state index contributed by atoms with van der Waals surface area (Å²) in [6.07, 6.45) is 1.18. The smallest absolute Gasteiger partial charge is 0.350 e. The fourth-order valence-electron chi connectivity index (χ4n) is 2.21. The third-order valence-corrected chi connectivity index (χ3v) is 3.33. The van der Waals surface area contributed by atoms with Gasteiger partial charge in [-0.15, -0.1) is 0 Å². The van der Waals surface area contributed by atoms with Crippen LogP contribution in [0.15, 0.2) is 30.0 Å². The van der Waals surface area contributed by atoms with Gasteiger partial charge in [0.2, 0.25) is 5.91 Å². The van der Waals surface area contributed by atoms with Crippen LogP contribution in [0, 0.1) is 0 Å². The van der Waals surface area contributed by atoms with Crippen LogP contribution < -0.4 is 15.4 Å². The SMILES string of the molecule is COCCOc1ccc(NC(C)=O)cc1NC=C1C(=O)OC(C)(C)OC1=O. The summed E-state index contributed by atoms with van der Waals surface area (Å²) < 4.78 is 20.6. The maximum atomic E-state index is 12.0. The average Bonchev–Trinajstić information content (AvgIpc) is 2.54. The molecule has 0 bridgehead atoms. The number of carbonyl (C=O) groups is 3. The highest BCUT2D eigenvalue weighted by Crippen LogP contribution is 2.29. The molecular formula is C18H22N2O7. The molecule has 9 heteroatoms. The molecule has 1 aromatic carbocycles. The van der Waals surface area contributed by atoms with Crippen molar-refractivity contribution in [3.63, 3.8) is 0 Å². The van der Waals surface area contributed by atoms with Crippen molar-refractivity contribution in [1.82, 2.24) is 0 Å². The summed E-state index contributed by atoms with van der Waals surface area (Å²) in [7, 11) is 1.55. The Morgan fingerprint density at radius 3 is 2.44 bits per heavy atom. The van der Waals surface area contributed by atoms with Crippen LogP contribution in [-0.4, -0.2) is 44.0 Å². The van der Waals surface area contributed by atoms with Gasteiger partial charge in [-0.2, -0.15) is 0 Å². The highest BCUT2D eigenvalue weighted by molar-refractivity contribution is 6.15. The molecule has 1 aliphatic rings. The van der Waals surface area contributed by atoms with Crippen LogP contribution in [-0.2, 0) is 28.6 Å². The highest BCUT2D eigenvalue weighted by Gasteiger charge is 2.39. The Hall–Kier alpha value is -3.07. The van der Waals surface area contributed by atoms with E-state index in [4.69, 9.17) is 18.9 Å². The van der Waals surface area contributed by atoms with E-state index in [0.717, 1.165) is 0 Å². The van der Waals surface area contributed by atoms with E-state index in [1.54, 1.807) is 25.3 Å². The van der Waals surface area contributed by atoms with E-state index < -0.39 is 17.7 Å². The monoisotopic (exact) mass is 378 g/mol. The lowest BCUT2D eigenvalue weighted by molar-refractivity contribution is -0.222. The van der Waals surface area contributed by atoms with Crippen LogP contribution in [0.2, 0.25) is 0 Å². The molecule has 2 rings (SSSR count). The average molecular weight is 378 g/mol. The van der Waals surface area contributed by atoms with E-state index in [9.17, 15) is 14.4 Å². The molecular weight excluding hydrogens is 356 g/mol. The Labute approximate surface area is 156 Å². The molecule has 1 amide bonds. The van der Waals surface area contributed by atoms with Crippen molar-refractivity contribution in [1.29, 1.82) is 0 Å². The number of esters is 2. The summed E-state index contributed by atoms with van der Waals surface area (Å²) in [4.78, 5) is 35.3. The second-order valence-corrected chi connectivity index (χ2v) is 6.11. The minimum atomic E-state index is -1.31. The minimum absolute atomic E-state index is 0.242. The van der Waals surface area contributed by atoms with E-state index in [0.29, 0.717) is 30.3 Å². The van der Waals surface area contributed by atoms with Gasteiger partial charge in [0, 0.05) is 39.8 Å². The molecule has 1 aliphatic heterocycles. The number of ether oxygens (including phenoxy) is 4. The van der Waals surface area contributed by atoms with E-state index in [2.05, 4.69) is 10.6 Å². The summed E-state index contributed by atoms with van der Waals surface area (Å²) in [6.45, 7) is 4.98. The Kier molecular flexibility index (Phi) is 6.40. The molecule has 146 valence electrons. The van der Waals surface area contributed by atoms with Crippen LogP contribution in [0.3, 0.4) is 0 Å². The van der Waals surface area contributed by atoms with E-state index in [1.807, 2.05) is 0 Å². The van der Waals surface area contributed by atoms with Crippen molar-refractivity contribution in [3.05, 3.63) is 30.0 Å². The van der Waals surface area contributed by atoms with Crippen molar-refractivity contribution in [2.45, 2.75) is 26.6 Å². The first-order valence-electron chi connectivity index (χ1n) is 8.18. The maximum Gasteiger partial charge on any atom is 0.350 e. The first-order valence-corrected chi connectivity index (χ1v) is 8.18. The van der Waals surface area contributed by atoms with Gasteiger partial charge in [0.05, 0.1) is 12.3 Å². The fourth-order valence-corrected chi connectivity index (χ4v) is 2.21. The number of hydrogen-bond acceptors (Lipinski definition) is 8. The van der Waals surface area contributed by atoms with Gasteiger partial charge in [-0.25, -0.2) is 9.59 Å². The lowest BCUT2D eigenvalue weighted by Crippen LogP contribution is -2.42. The van der Waals surface area contributed by atoms with Gasteiger partial charge < -0.3 is 29.6 Å². The lowest BCUT2D eigenvalue weighted by atomic mass is 10.2. The molecule has 0 aromatic heterocycles. The number of cyclic esters (lactones) is 2. The van der Waals surface area contributed by atoms with Crippen molar-refractivity contribution >= 4 is 29.2 Å². The molecule has 0 radical (unpaired) electrons. The topological polar surface area (TPSA) is 112 Å². The third kappa shape index (κ3) is 5.71. The number of hydrogen-bond donors (Lipinski definition) is 2. The van der Waals surface area contributed by atoms with Gasteiger partial charge >= 0.3 is 11.9 Å². The van der Waals surface area contributed by atoms with Crippen LogP contribution in [0.5, 0.6) is 5.75 Å². The number of carbonyl (C=O) groups excluding carboxylic acids is 3. The third-order valence-electron chi connectivity index (χ3n) is 3.33. The summed E-state index contributed by atoms with van der Waals surface area (Å²) in [5, 5.41) is 5.47. The summed E-state index contributed by atoms with van der Waals surface area (Å²) in [6, 6.07) is 4.90. The van der Waals surface area contributed by atoms with E-state index in [-0.39, 0.29) is 11.5 Å². The second kappa shape index (κ2) is 8.54. The predicted octanol–water partition coefficient (Wildman–Crippen LogP) is 1.80. The molecule has 0 saturated carbocycles. The minimum Gasteiger partial charge on any atom is -0.489 e. The van der Waals surface area contributed by atoms with Gasteiger partial charge in [0.1, 0.15) is 12.4 Å². The maximum absolute atomic E-state index is 12.0. The van der Waals surface area contributed by atoms with Gasteiger partial charge in [-0.05, 0) is 18.2 Å². The Bertz CT molecular complexity index is 749. The van der Waals surface area contributed by atoms with Crippen LogP contribution >= 0.6 is 0 Å². The molecule has 2 N–H and O–H groups in total. The Morgan fingerprint density at radius 1 is 1.19 bits per heavy atom. The molecule has 1 saturated heterocycles. The number of rotatable bonds is 7. The summed E-state index contributed by atoms with van der Waals surface area (Å²) in [5.74, 6) is -2.72. The molecule has 0 atom stereocenters. The second-order valence-electron chi connectivity index (χ2n) is 6.11.